The molecule has 1 aliphatic carbocycles. The van der Waals surface area contributed by atoms with Gasteiger partial charge in [-0.05, 0) is 73.9 Å². The Kier molecular flexibility index (Phi) is 8.60. The summed E-state index contributed by atoms with van der Waals surface area (Å²) in [4.78, 5) is 30.8. The number of rotatable bonds is 8. The number of hydrogen-bond acceptors (Lipinski definition) is 6. The van der Waals surface area contributed by atoms with Gasteiger partial charge in [-0.2, -0.15) is 9.78 Å². The first-order valence-corrected chi connectivity index (χ1v) is 14.1. The van der Waals surface area contributed by atoms with Gasteiger partial charge in [0.25, 0.3) is 11.5 Å². The number of fused-ring (bicyclic) bond motifs is 1. The molecular weight excluding hydrogens is 572 g/mol. The summed E-state index contributed by atoms with van der Waals surface area (Å²) < 4.78 is 13.5. The average molecular weight is 604 g/mol. The standard InChI is InChI=1S/C31H31BrN4O4/c1-20-8-12-24(13-9-20)34-29(37)19-40-27-15-10-21(16-28(27)39-2)18-33-36-30(22-6-4-3-5-7-22)35-26-14-11-23(32)17-25(26)31(36)38/h8-18,22H,3-7,19H2,1-2H3,(H,34,37). The van der Waals surface area contributed by atoms with Crippen LogP contribution in [-0.2, 0) is 4.79 Å². The van der Waals surface area contributed by atoms with E-state index in [1.807, 2.05) is 43.3 Å². The van der Waals surface area contributed by atoms with Crippen molar-refractivity contribution in [3.63, 3.8) is 0 Å². The van der Waals surface area contributed by atoms with Gasteiger partial charge in [0, 0.05) is 16.1 Å². The van der Waals surface area contributed by atoms with E-state index in [2.05, 4.69) is 26.3 Å². The number of methoxy groups -OCH3 is 1. The summed E-state index contributed by atoms with van der Waals surface area (Å²) in [5.41, 5.74) is 3.01. The van der Waals surface area contributed by atoms with Gasteiger partial charge >= 0.3 is 0 Å². The predicted molar refractivity (Wildman–Crippen MR) is 161 cm³/mol. The summed E-state index contributed by atoms with van der Waals surface area (Å²) in [6, 6.07) is 18.4. The average Bonchev–Trinajstić information content (AvgIpc) is 2.97. The van der Waals surface area contributed by atoms with Crippen molar-refractivity contribution in [2.75, 3.05) is 19.0 Å². The van der Waals surface area contributed by atoms with Gasteiger partial charge in [-0.3, -0.25) is 9.59 Å². The highest BCUT2D eigenvalue weighted by atomic mass is 79.9. The fourth-order valence-corrected chi connectivity index (χ4v) is 5.25. The molecule has 1 aliphatic rings. The van der Waals surface area contributed by atoms with E-state index in [-0.39, 0.29) is 24.0 Å². The smallest absolute Gasteiger partial charge is 0.282 e. The fourth-order valence-electron chi connectivity index (χ4n) is 4.89. The number of amides is 1. The molecule has 0 atom stereocenters. The van der Waals surface area contributed by atoms with Crippen LogP contribution in [0, 0.1) is 6.92 Å². The molecular formula is C31H31BrN4O4. The Hall–Kier alpha value is -3.98. The number of benzene rings is 3. The maximum atomic E-state index is 13.5. The van der Waals surface area contributed by atoms with E-state index in [1.165, 1.54) is 18.2 Å². The summed E-state index contributed by atoms with van der Waals surface area (Å²) in [7, 11) is 1.53. The maximum absolute atomic E-state index is 13.5. The molecule has 5 rings (SSSR count). The van der Waals surface area contributed by atoms with Crippen molar-refractivity contribution >= 4 is 44.6 Å². The predicted octanol–water partition coefficient (Wildman–Crippen LogP) is 6.42. The van der Waals surface area contributed by atoms with E-state index in [1.54, 1.807) is 30.5 Å². The molecule has 4 aromatic rings. The number of carbonyl (C=O) groups is 1. The van der Waals surface area contributed by atoms with Crippen LogP contribution in [0.3, 0.4) is 0 Å². The minimum absolute atomic E-state index is 0.171. The van der Waals surface area contributed by atoms with Gasteiger partial charge in [-0.1, -0.05) is 52.9 Å². The molecule has 3 aromatic carbocycles. The van der Waals surface area contributed by atoms with E-state index in [4.69, 9.17) is 14.5 Å². The second kappa shape index (κ2) is 12.5. The summed E-state index contributed by atoms with van der Waals surface area (Å²) in [5, 5.41) is 7.93. The first-order valence-electron chi connectivity index (χ1n) is 13.3. The largest absolute Gasteiger partial charge is 0.493 e. The zero-order valence-corrected chi connectivity index (χ0v) is 24.1. The number of hydrogen-bond donors (Lipinski definition) is 1. The van der Waals surface area contributed by atoms with E-state index in [9.17, 15) is 9.59 Å². The van der Waals surface area contributed by atoms with E-state index >= 15 is 0 Å². The molecule has 0 spiro atoms. The molecule has 0 unspecified atom stereocenters. The lowest BCUT2D eigenvalue weighted by Gasteiger charge is -2.22. The lowest BCUT2D eigenvalue weighted by atomic mass is 9.88. The van der Waals surface area contributed by atoms with Gasteiger partial charge in [0.1, 0.15) is 5.82 Å². The molecule has 9 heteroatoms. The molecule has 1 saturated carbocycles. The lowest BCUT2D eigenvalue weighted by molar-refractivity contribution is -0.118. The third-order valence-electron chi connectivity index (χ3n) is 7.01. The molecule has 1 N–H and O–H groups in total. The van der Waals surface area contributed by atoms with Gasteiger partial charge in [0.2, 0.25) is 0 Å². The van der Waals surface area contributed by atoms with Crippen molar-refractivity contribution in [1.82, 2.24) is 9.66 Å². The van der Waals surface area contributed by atoms with Crippen LogP contribution in [0.4, 0.5) is 5.69 Å². The number of halogens is 1. The van der Waals surface area contributed by atoms with Crippen LogP contribution in [-0.4, -0.2) is 35.5 Å². The van der Waals surface area contributed by atoms with Crippen molar-refractivity contribution in [1.29, 1.82) is 0 Å². The zero-order chi connectivity index (χ0) is 28.1. The highest BCUT2D eigenvalue weighted by Crippen LogP contribution is 2.32. The van der Waals surface area contributed by atoms with Crippen molar-refractivity contribution in [3.05, 3.63) is 92.4 Å². The minimum Gasteiger partial charge on any atom is -0.493 e. The Labute approximate surface area is 241 Å². The fraction of sp³-hybridized carbons (Fsp3) is 0.290. The van der Waals surface area contributed by atoms with Gasteiger partial charge in [0.15, 0.2) is 18.1 Å². The maximum Gasteiger partial charge on any atom is 0.282 e. The van der Waals surface area contributed by atoms with Crippen LogP contribution < -0.4 is 20.3 Å². The van der Waals surface area contributed by atoms with Crippen LogP contribution in [0.1, 0.15) is 55.0 Å². The van der Waals surface area contributed by atoms with Gasteiger partial charge < -0.3 is 14.8 Å². The quantitative estimate of drug-likeness (QED) is 0.235. The lowest BCUT2D eigenvalue weighted by Crippen LogP contribution is -2.25. The highest BCUT2D eigenvalue weighted by Gasteiger charge is 2.22. The molecule has 40 heavy (non-hydrogen) atoms. The summed E-state index contributed by atoms with van der Waals surface area (Å²) in [6.45, 7) is 1.82. The molecule has 1 amide bonds. The first kappa shape index (κ1) is 27.6. The molecule has 8 nitrogen and oxygen atoms in total. The van der Waals surface area contributed by atoms with E-state index in [0.29, 0.717) is 39.5 Å². The van der Waals surface area contributed by atoms with Crippen molar-refractivity contribution in [2.45, 2.75) is 44.9 Å². The van der Waals surface area contributed by atoms with E-state index in [0.717, 1.165) is 35.7 Å². The molecule has 0 saturated heterocycles. The summed E-state index contributed by atoms with van der Waals surface area (Å²) in [5.74, 6) is 1.48. The Morgan fingerprint density at radius 2 is 1.85 bits per heavy atom. The number of aryl methyl sites for hydroxylation is 1. The number of aromatic nitrogens is 2. The van der Waals surface area contributed by atoms with Gasteiger partial charge in [-0.25, -0.2) is 4.98 Å². The number of nitrogens with one attached hydrogen (secondary N) is 1. The molecule has 206 valence electrons. The number of anilines is 1. The van der Waals surface area contributed by atoms with Crippen LogP contribution in [0.5, 0.6) is 11.5 Å². The SMILES string of the molecule is COc1cc(C=Nn2c(C3CCCCC3)nc3ccc(Br)cc3c2=O)ccc1OCC(=O)Nc1ccc(C)cc1. The minimum atomic E-state index is -0.276. The number of nitrogens with zero attached hydrogens (tertiary/aromatic N) is 3. The normalized spacial score (nSPS) is 14.0. The molecule has 0 radical (unpaired) electrons. The first-order chi connectivity index (χ1) is 19.4. The van der Waals surface area contributed by atoms with Gasteiger partial charge in [-0.15, -0.1) is 0 Å². The van der Waals surface area contributed by atoms with Gasteiger partial charge in [0.05, 0.1) is 24.2 Å². The second-order valence-electron chi connectivity index (χ2n) is 9.94. The molecule has 0 bridgehead atoms. The Morgan fingerprint density at radius 1 is 1.07 bits per heavy atom. The molecule has 0 aliphatic heterocycles. The Balaban J connectivity index is 1.37. The van der Waals surface area contributed by atoms with Crippen molar-refractivity contribution < 1.29 is 14.3 Å². The number of ether oxygens (including phenoxy) is 2. The molecule has 1 heterocycles. The summed E-state index contributed by atoms with van der Waals surface area (Å²) in [6.07, 6.45) is 7.03. The molecule has 1 fully saturated rings. The van der Waals surface area contributed by atoms with E-state index < -0.39 is 0 Å². The van der Waals surface area contributed by atoms with Crippen LogP contribution in [0.25, 0.3) is 10.9 Å². The molecule has 1 aromatic heterocycles. The highest BCUT2D eigenvalue weighted by molar-refractivity contribution is 9.10. The zero-order valence-electron chi connectivity index (χ0n) is 22.5. The van der Waals surface area contributed by atoms with Crippen LogP contribution in [0.15, 0.2) is 75.0 Å². The second-order valence-corrected chi connectivity index (χ2v) is 10.9. The third-order valence-corrected chi connectivity index (χ3v) is 7.50. The Morgan fingerprint density at radius 3 is 2.60 bits per heavy atom. The van der Waals surface area contributed by atoms with Crippen LogP contribution >= 0.6 is 15.9 Å². The number of carbonyl (C=O) groups excluding carboxylic acids is 1. The van der Waals surface area contributed by atoms with Crippen LogP contribution in [0.2, 0.25) is 0 Å². The monoisotopic (exact) mass is 602 g/mol. The summed E-state index contributed by atoms with van der Waals surface area (Å²) >= 11 is 3.46. The van der Waals surface area contributed by atoms with Crippen molar-refractivity contribution in [3.8, 4) is 11.5 Å². The third kappa shape index (κ3) is 6.42. The topological polar surface area (TPSA) is 94.8 Å². The van der Waals surface area contributed by atoms with Crippen molar-refractivity contribution in [2.24, 2.45) is 5.10 Å². The Bertz CT molecular complexity index is 1610.